The van der Waals surface area contributed by atoms with Crippen molar-refractivity contribution in [3.05, 3.63) is 35.4 Å². The number of hydrogen-bond acceptors (Lipinski definition) is 2. The number of aliphatic hydroxyl groups is 1. The fraction of sp³-hybridized carbons (Fsp3) is 0.647. The number of benzene rings is 1. The van der Waals surface area contributed by atoms with E-state index in [0.717, 1.165) is 37.8 Å². The Balaban J connectivity index is 2.11. The second-order valence-electron chi connectivity index (χ2n) is 6.15. The van der Waals surface area contributed by atoms with E-state index in [9.17, 15) is 13.9 Å². The molecule has 1 aliphatic carbocycles. The molecule has 1 aromatic rings. The van der Waals surface area contributed by atoms with E-state index in [4.69, 9.17) is 4.74 Å². The Morgan fingerprint density at radius 2 is 1.95 bits per heavy atom. The van der Waals surface area contributed by atoms with E-state index in [1.54, 1.807) is 0 Å². The molecule has 2 rings (SSSR count). The summed E-state index contributed by atoms with van der Waals surface area (Å²) in [6.07, 6.45) is 3.25. The zero-order valence-corrected chi connectivity index (χ0v) is 12.7. The summed E-state index contributed by atoms with van der Waals surface area (Å²) < 4.78 is 32.1. The van der Waals surface area contributed by atoms with Crippen LogP contribution in [0.1, 0.15) is 45.1 Å². The molecule has 1 N–H and O–H groups in total. The number of aliphatic hydroxyl groups excluding tert-OH is 1. The molecular weight excluding hydrogens is 274 g/mol. The van der Waals surface area contributed by atoms with Crippen molar-refractivity contribution in [1.82, 2.24) is 0 Å². The third-order valence-electron chi connectivity index (χ3n) is 4.57. The third-order valence-corrected chi connectivity index (χ3v) is 4.57. The van der Waals surface area contributed by atoms with Gasteiger partial charge in [0.15, 0.2) is 11.6 Å². The van der Waals surface area contributed by atoms with Gasteiger partial charge in [-0.3, -0.25) is 0 Å². The highest BCUT2D eigenvalue weighted by Gasteiger charge is 2.41. The third kappa shape index (κ3) is 3.80. The largest absolute Gasteiger partial charge is 0.390 e. The highest BCUT2D eigenvalue weighted by atomic mass is 19.2. The molecule has 4 heteroatoms. The van der Waals surface area contributed by atoms with Crippen LogP contribution in [0.2, 0.25) is 0 Å². The van der Waals surface area contributed by atoms with Crippen LogP contribution in [0.5, 0.6) is 0 Å². The Labute approximate surface area is 125 Å². The van der Waals surface area contributed by atoms with Crippen LogP contribution in [-0.2, 0) is 11.2 Å². The molecule has 0 amide bonds. The van der Waals surface area contributed by atoms with Crippen LogP contribution in [0.15, 0.2) is 18.2 Å². The number of ether oxygens (including phenoxy) is 1. The molecule has 0 aromatic heterocycles. The Morgan fingerprint density at radius 1 is 1.29 bits per heavy atom. The van der Waals surface area contributed by atoms with Gasteiger partial charge < -0.3 is 9.84 Å². The van der Waals surface area contributed by atoms with Crippen molar-refractivity contribution in [3.63, 3.8) is 0 Å². The van der Waals surface area contributed by atoms with Crippen molar-refractivity contribution in [3.8, 4) is 0 Å². The first kappa shape index (κ1) is 16.4. The fourth-order valence-corrected chi connectivity index (χ4v) is 3.19. The van der Waals surface area contributed by atoms with Crippen LogP contribution in [0.25, 0.3) is 0 Å². The number of rotatable bonds is 5. The summed E-state index contributed by atoms with van der Waals surface area (Å²) in [6.45, 7) is 4.67. The lowest BCUT2D eigenvalue weighted by molar-refractivity contribution is -0.143. The van der Waals surface area contributed by atoms with Gasteiger partial charge >= 0.3 is 0 Å². The molecule has 0 spiro atoms. The Morgan fingerprint density at radius 3 is 2.52 bits per heavy atom. The van der Waals surface area contributed by atoms with Gasteiger partial charge in [-0.2, -0.15) is 0 Å². The summed E-state index contributed by atoms with van der Waals surface area (Å²) >= 11 is 0. The Kier molecular flexibility index (Phi) is 5.33. The molecule has 0 radical (unpaired) electrons. The molecule has 1 aromatic carbocycles. The summed E-state index contributed by atoms with van der Waals surface area (Å²) in [6, 6.07) is 3.78. The van der Waals surface area contributed by atoms with Gasteiger partial charge in [0.2, 0.25) is 0 Å². The van der Waals surface area contributed by atoms with Crippen LogP contribution in [0.3, 0.4) is 0 Å². The van der Waals surface area contributed by atoms with Crippen molar-refractivity contribution < 1.29 is 18.6 Å². The van der Waals surface area contributed by atoms with E-state index in [2.05, 4.69) is 6.92 Å². The summed E-state index contributed by atoms with van der Waals surface area (Å²) in [7, 11) is 0. The minimum Gasteiger partial charge on any atom is -0.390 e. The van der Waals surface area contributed by atoms with Gasteiger partial charge in [0.25, 0.3) is 0 Å². The smallest absolute Gasteiger partial charge is 0.159 e. The Hall–Kier alpha value is -1.00. The van der Waals surface area contributed by atoms with Gasteiger partial charge in [0, 0.05) is 13.0 Å². The minimum absolute atomic E-state index is 0.283. The summed E-state index contributed by atoms with van der Waals surface area (Å²) in [5.74, 6) is -1.09. The van der Waals surface area contributed by atoms with Gasteiger partial charge in [-0.15, -0.1) is 0 Å². The predicted octanol–water partition coefficient (Wildman–Crippen LogP) is 3.85. The van der Waals surface area contributed by atoms with E-state index in [1.807, 2.05) is 6.92 Å². The highest BCUT2D eigenvalue weighted by Crippen LogP contribution is 2.38. The van der Waals surface area contributed by atoms with Gasteiger partial charge in [-0.25, -0.2) is 8.78 Å². The van der Waals surface area contributed by atoms with Gasteiger partial charge in [0.1, 0.15) is 0 Å². The molecule has 1 saturated carbocycles. The fourth-order valence-electron chi connectivity index (χ4n) is 3.19. The molecule has 118 valence electrons. The summed E-state index contributed by atoms with van der Waals surface area (Å²) in [5, 5.41) is 10.6. The molecule has 1 fully saturated rings. The lowest BCUT2D eigenvalue weighted by Gasteiger charge is -2.42. The van der Waals surface area contributed by atoms with Crippen LogP contribution in [0, 0.1) is 17.6 Å². The van der Waals surface area contributed by atoms with E-state index in [1.165, 1.54) is 6.07 Å². The van der Waals surface area contributed by atoms with Crippen LogP contribution < -0.4 is 0 Å². The Bertz CT molecular complexity index is 468. The zero-order chi connectivity index (χ0) is 15.5. The van der Waals surface area contributed by atoms with E-state index >= 15 is 0 Å². The van der Waals surface area contributed by atoms with E-state index in [-0.39, 0.29) is 6.42 Å². The molecule has 0 aliphatic heterocycles. The quantitative estimate of drug-likeness (QED) is 0.894. The molecule has 1 aliphatic rings. The monoisotopic (exact) mass is 298 g/mol. The highest BCUT2D eigenvalue weighted by molar-refractivity contribution is 5.19. The normalized spacial score (nSPS) is 27.6. The standard InChI is InChI=1S/C17H24F2O2/c1-3-21-17(8-6-12(2)7-9-17)16(20)11-13-4-5-14(18)15(19)10-13/h4-5,10,12,16,20H,3,6-9,11H2,1-2H3. The predicted molar refractivity (Wildman–Crippen MR) is 78.1 cm³/mol. The number of hydrogen-bond donors (Lipinski definition) is 1. The van der Waals surface area contributed by atoms with E-state index in [0.29, 0.717) is 18.1 Å². The van der Waals surface area contributed by atoms with Crippen molar-refractivity contribution in [1.29, 1.82) is 0 Å². The topological polar surface area (TPSA) is 29.5 Å². The molecular formula is C17H24F2O2. The van der Waals surface area contributed by atoms with Gasteiger partial charge in [-0.05, 0) is 56.2 Å². The average Bonchev–Trinajstić information content (AvgIpc) is 2.46. The summed E-state index contributed by atoms with van der Waals surface area (Å²) in [5.41, 5.74) is 0.0469. The van der Waals surface area contributed by atoms with Crippen LogP contribution in [-0.4, -0.2) is 23.4 Å². The van der Waals surface area contributed by atoms with Crippen LogP contribution >= 0.6 is 0 Å². The first-order chi connectivity index (χ1) is 9.97. The maximum Gasteiger partial charge on any atom is 0.159 e. The molecule has 0 bridgehead atoms. The molecule has 1 unspecified atom stereocenters. The van der Waals surface area contributed by atoms with Crippen molar-refractivity contribution in [2.75, 3.05) is 6.61 Å². The van der Waals surface area contributed by atoms with Gasteiger partial charge in [-0.1, -0.05) is 13.0 Å². The number of halogens is 2. The molecule has 2 nitrogen and oxygen atoms in total. The maximum absolute atomic E-state index is 13.3. The molecule has 0 saturated heterocycles. The van der Waals surface area contributed by atoms with Crippen molar-refractivity contribution in [2.24, 2.45) is 5.92 Å². The maximum atomic E-state index is 13.3. The van der Waals surface area contributed by atoms with Gasteiger partial charge in [0.05, 0.1) is 11.7 Å². The second kappa shape index (κ2) is 6.84. The molecule has 0 heterocycles. The van der Waals surface area contributed by atoms with E-state index < -0.39 is 23.3 Å². The molecule has 1 atom stereocenters. The molecule has 21 heavy (non-hydrogen) atoms. The van der Waals surface area contributed by atoms with Crippen molar-refractivity contribution >= 4 is 0 Å². The lowest BCUT2D eigenvalue weighted by atomic mass is 9.75. The van der Waals surface area contributed by atoms with Crippen LogP contribution in [0.4, 0.5) is 8.78 Å². The summed E-state index contributed by atoms with van der Waals surface area (Å²) in [4.78, 5) is 0. The van der Waals surface area contributed by atoms with Crippen molar-refractivity contribution in [2.45, 2.75) is 57.7 Å². The second-order valence-corrected chi connectivity index (χ2v) is 6.15. The lowest BCUT2D eigenvalue weighted by Crippen LogP contribution is -2.48. The zero-order valence-electron chi connectivity index (χ0n) is 12.7. The average molecular weight is 298 g/mol. The minimum atomic E-state index is -0.873. The first-order valence-corrected chi connectivity index (χ1v) is 7.73. The SMILES string of the molecule is CCOC1(C(O)Cc2ccc(F)c(F)c2)CCC(C)CC1. The first-order valence-electron chi connectivity index (χ1n) is 7.73.